The summed E-state index contributed by atoms with van der Waals surface area (Å²) in [6, 6.07) is 6.35. The summed E-state index contributed by atoms with van der Waals surface area (Å²) in [6.07, 6.45) is 1.97. The third-order valence-electron chi connectivity index (χ3n) is 3.08. The van der Waals surface area contributed by atoms with Gasteiger partial charge in [0.25, 0.3) is 0 Å². The Labute approximate surface area is 133 Å². The van der Waals surface area contributed by atoms with E-state index in [1.807, 2.05) is 6.20 Å². The van der Waals surface area contributed by atoms with Crippen molar-refractivity contribution in [1.82, 2.24) is 4.98 Å². The Kier molecular flexibility index (Phi) is 5.43. The Morgan fingerprint density at radius 2 is 2.00 bits per heavy atom. The molecule has 0 unspecified atom stereocenters. The molecule has 1 heterocycles. The van der Waals surface area contributed by atoms with Crippen LogP contribution in [0.1, 0.15) is 24.3 Å². The maximum atomic E-state index is 4.50. The van der Waals surface area contributed by atoms with Crippen LogP contribution in [0.3, 0.4) is 0 Å². The van der Waals surface area contributed by atoms with Gasteiger partial charge >= 0.3 is 0 Å². The van der Waals surface area contributed by atoms with Crippen LogP contribution in [0.15, 0.2) is 28.9 Å². The van der Waals surface area contributed by atoms with Crippen molar-refractivity contribution in [3.8, 4) is 0 Å². The number of thiazole rings is 1. The summed E-state index contributed by atoms with van der Waals surface area (Å²) in [5, 5.41) is 4.56. The molecule has 0 radical (unpaired) electrons. The molecule has 0 saturated heterocycles. The summed E-state index contributed by atoms with van der Waals surface area (Å²) >= 11 is 5.28. The van der Waals surface area contributed by atoms with Crippen molar-refractivity contribution in [3.05, 3.63) is 39.3 Å². The molecule has 0 amide bonds. The minimum atomic E-state index is 0.814. The van der Waals surface area contributed by atoms with Crippen LogP contribution >= 0.6 is 27.3 Å². The summed E-state index contributed by atoms with van der Waals surface area (Å²) in [6.45, 7) is 9.24. The van der Waals surface area contributed by atoms with Crippen molar-refractivity contribution in [2.24, 2.45) is 0 Å². The van der Waals surface area contributed by atoms with Crippen LogP contribution in [0, 0.1) is 6.92 Å². The van der Waals surface area contributed by atoms with Gasteiger partial charge in [0.2, 0.25) is 0 Å². The molecule has 1 N–H and O–H groups in total. The van der Waals surface area contributed by atoms with E-state index in [1.54, 1.807) is 11.3 Å². The molecule has 0 fully saturated rings. The number of rotatable bonds is 6. The first-order valence-corrected chi connectivity index (χ1v) is 8.44. The molecule has 2 rings (SSSR count). The van der Waals surface area contributed by atoms with E-state index in [1.165, 1.54) is 10.4 Å². The number of anilines is 2. The van der Waals surface area contributed by atoms with Gasteiger partial charge in [0.15, 0.2) is 5.13 Å². The Bertz CT molecular complexity index is 544. The van der Waals surface area contributed by atoms with Crippen LogP contribution in [0.2, 0.25) is 0 Å². The predicted octanol–water partition coefficient (Wildman–Crippen LogP) is 4.67. The first-order valence-electron chi connectivity index (χ1n) is 6.83. The predicted molar refractivity (Wildman–Crippen MR) is 91.9 cm³/mol. The monoisotopic (exact) mass is 353 g/mol. The van der Waals surface area contributed by atoms with Gasteiger partial charge in [0.1, 0.15) is 0 Å². The van der Waals surface area contributed by atoms with E-state index < -0.39 is 0 Å². The number of nitrogens with zero attached hydrogens (tertiary/aromatic N) is 2. The molecule has 108 valence electrons. The molecule has 0 atom stereocenters. The number of hydrogen-bond acceptors (Lipinski definition) is 4. The van der Waals surface area contributed by atoms with E-state index >= 15 is 0 Å². The zero-order valence-corrected chi connectivity index (χ0v) is 14.5. The van der Waals surface area contributed by atoms with Crippen LogP contribution < -0.4 is 10.2 Å². The molecule has 0 aliphatic carbocycles. The van der Waals surface area contributed by atoms with Crippen molar-refractivity contribution >= 4 is 38.1 Å². The summed E-state index contributed by atoms with van der Waals surface area (Å²) in [7, 11) is 0. The number of halogens is 1. The standard InChI is InChI=1S/C15H20BrN3S/c1-4-19(5-2)15-18-10-14(20-15)9-17-13-7-11(3)6-12(16)8-13/h6-8,10,17H,4-5,9H2,1-3H3. The average molecular weight is 354 g/mol. The van der Waals surface area contributed by atoms with Gasteiger partial charge in [-0.05, 0) is 44.5 Å². The van der Waals surface area contributed by atoms with Gasteiger partial charge in [-0.2, -0.15) is 0 Å². The third-order valence-corrected chi connectivity index (χ3v) is 4.60. The zero-order chi connectivity index (χ0) is 14.5. The number of aromatic nitrogens is 1. The lowest BCUT2D eigenvalue weighted by molar-refractivity contribution is 0.860. The maximum absolute atomic E-state index is 4.50. The normalized spacial score (nSPS) is 10.6. The second kappa shape index (κ2) is 7.09. The van der Waals surface area contributed by atoms with Crippen molar-refractivity contribution in [1.29, 1.82) is 0 Å². The quantitative estimate of drug-likeness (QED) is 0.817. The van der Waals surface area contributed by atoms with E-state index in [0.29, 0.717) is 0 Å². The SMILES string of the molecule is CCN(CC)c1ncc(CNc2cc(C)cc(Br)c2)s1. The minimum Gasteiger partial charge on any atom is -0.380 e. The van der Waals surface area contributed by atoms with Crippen LogP contribution in [-0.2, 0) is 6.54 Å². The van der Waals surface area contributed by atoms with E-state index in [9.17, 15) is 0 Å². The summed E-state index contributed by atoms with van der Waals surface area (Å²) < 4.78 is 1.10. The smallest absolute Gasteiger partial charge is 0.185 e. The fourth-order valence-electron chi connectivity index (χ4n) is 2.05. The average Bonchev–Trinajstić information content (AvgIpc) is 2.86. The van der Waals surface area contributed by atoms with Crippen molar-refractivity contribution in [2.45, 2.75) is 27.3 Å². The Hall–Kier alpha value is -1.07. The summed E-state index contributed by atoms with van der Waals surface area (Å²) in [5.74, 6) is 0. The highest BCUT2D eigenvalue weighted by Crippen LogP contribution is 2.24. The van der Waals surface area contributed by atoms with Crippen molar-refractivity contribution in [2.75, 3.05) is 23.3 Å². The van der Waals surface area contributed by atoms with Crippen LogP contribution in [0.5, 0.6) is 0 Å². The fourth-order valence-corrected chi connectivity index (χ4v) is 3.63. The lowest BCUT2D eigenvalue weighted by Crippen LogP contribution is -2.21. The highest BCUT2D eigenvalue weighted by atomic mass is 79.9. The van der Waals surface area contributed by atoms with Gasteiger partial charge in [-0.3, -0.25) is 0 Å². The molecule has 1 aromatic carbocycles. The molecular weight excluding hydrogens is 334 g/mol. The second-order valence-corrected chi connectivity index (χ2v) is 6.66. The Morgan fingerprint density at radius 3 is 2.65 bits per heavy atom. The first-order chi connectivity index (χ1) is 9.62. The van der Waals surface area contributed by atoms with Crippen LogP contribution in [0.25, 0.3) is 0 Å². The van der Waals surface area contributed by atoms with Gasteiger partial charge in [0, 0.05) is 34.3 Å². The fraction of sp³-hybridized carbons (Fsp3) is 0.400. The Morgan fingerprint density at radius 1 is 1.25 bits per heavy atom. The lowest BCUT2D eigenvalue weighted by Gasteiger charge is -2.16. The van der Waals surface area contributed by atoms with Gasteiger partial charge in [-0.25, -0.2) is 4.98 Å². The minimum absolute atomic E-state index is 0.814. The van der Waals surface area contributed by atoms with Gasteiger partial charge in [0.05, 0.1) is 6.54 Å². The van der Waals surface area contributed by atoms with E-state index in [4.69, 9.17) is 0 Å². The highest BCUT2D eigenvalue weighted by molar-refractivity contribution is 9.10. The van der Waals surface area contributed by atoms with Crippen molar-refractivity contribution in [3.63, 3.8) is 0 Å². The topological polar surface area (TPSA) is 28.2 Å². The molecule has 0 spiro atoms. The number of benzene rings is 1. The molecule has 5 heteroatoms. The molecule has 0 aliphatic rings. The first kappa shape index (κ1) is 15.3. The molecule has 2 aromatic rings. The lowest BCUT2D eigenvalue weighted by atomic mass is 10.2. The van der Waals surface area contributed by atoms with Crippen molar-refractivity contribution < 1.29 is 0 Å². The number of nitrogens with one attached hydrogen (secondary N) is 1. The summed E-state index contributed by atoms with van der Waals surface area (Å²) in [4.78, 5) is 8.03. The Balaban J connectivity index is 2.00. The summed E-state index contributed by atoms with van der Waals surface area (Å²) in [5.41, 5.74) is 2.38. The van der Waals surface area contributed by atoms with Gasteiger partial charge in [-0.15, -0.1) is 11.3 Å². The van der Waals surface area contributed by atoms with Crippen LogP contribution in [0.4, 0.5) is 10.8 Å². The van der Waals surface area contributed by atoms with Gasteiger partial charge in [-0.1, -0.05) is 15.9 Å². The number of aryl methyl sites for hydroxylation is 1. The molecule has 0 saturated carbocycles. The largest absolute Gasteiger partial charge is 0.380 e. The molecule has 3 nitrogen and oxygen atoms in total. The molecule has 1 aromatic heterocycles. The van der Waals surface area contributed by atoms with E-state index in [2.05, 4.69) is 70.1 Å². The van der Waals surface area contributed by atoms with E-state index in [0.717, 1.165) is 34.9 Å². The van der Waals surface area contributed by atoms with Gasteiger partial charge < -0.3 is 10.2 Å². The molecule has 20 heavy (non-hydrogen) atoms. The van der Waals surface area contributed by atoms with Crippen LogP contribution in [-0.4, -0.2) is 18.1 Å². The third kappa shape index (κ3) is 3.96. The molecule has 0 bridgehead atoms. The molecular formula is C15H20BrN3S. The zero-order valence-electron chi connectivity index (χ0n) is 12.1. The number of hydrogen-bond donors (Lipinski definition) is 1. The van der Waals surface area contributed by atoms with E-state index in [-0.39, 0.29) is 0 Å². The molecule has 0 aliphatic heterocycles. The maximum Gasteiger partial charge on any atom is 0.185 e. The highest BCUT2D eigenvalue weighted by Gasteiger charge is 2.07. The second-order valence-electron chi connectivity index (χ2n) is 4.65.